The van der Waals surface area contributed by atoms with Gasteiger partial charge in [-0.15, -0.1) is 0 Å². The number of ether oxygens (including phenoxy) is 1. The van der Waals surface area contributed by atoms with E-state index in [0.29, 0.717) is 30.9 Å². The predicted molar refractivity (Wildman–Crippen MR) is 129 cm³/mol. The number of carbonyl (C=O) groups is 2. The molecule has 2 amide bonds. The highest BCUT2D eigenvalue weighted by molar-refractivity contribution is 6.30. The predicted octanol–water partition coefficient (Wildman–Crippen LogP) is 4.23. The van der Waals surface area contributed by atoms with Gasteiger partial charge in [-0.25, -0.2) is 9.37 Å². The molecule has 1 N–H and O–H groups in total. The first-order chi connectivity index (χ1) is 16.0. The summed E-state index contributed by atoms with van der Waals surface area (Å²) in [6.45, 7) is 8.60. The van der Waals surface area contributed by atoms with E-state index in [1.165, 1.54) is 12.1 Å². The average molecular weight is 487 g/mol. The number of fused-ring (bicyclic) bond motifs is 1. The van der Waals surface area contributed by atoms with Crippen molar-refractivity contribution in [1.82, 2.24) is 19.8 Å². The lowest BCUT2D eigenvalue weighted by Gasteiger charge is -2.40. The van der Waals surface area contributed by atoms with E-state index in [-0.39, 0.29) is 22.5 Å². The van der Waals surface area contributed by atoms with Gasteiger partial charge in [-0.3, -0.25) is 9.59 Å². The molecule has 34 heavy (non-hydrogen) atoms. The average Bonchev–Trinajstić information content (AvgIpc) is 3.17. The number of aromatic nitrogens is 2. The van der Waals surface area contributed by atoms with Crippen molar-refractivity contribution >= 4 is 34.4 Å². The first-order valence-electron chi connectivity index (χ1n) is 11.0. The van der Waals surface area contributed by atoms with Crippen molar-refractivity contribution in [2.75, 3.05) is 26.8 Å². The molecule has 1 fully saturated rings. The lowest BCUT2D eigenvalue weighted by molar-refractivity contribution is -0.133. The second-order valence-electron chi connectivity index (χ2n) is 9.63. The van der Waals surface area contributed by atoms with Gasteiger partial charge in [-0.1, -0.05) is 17.7 Å². The zero-order valence-corrected chi connectivity index (χ0v) is 20.7. The van der Waals surface area contributed by atoms with Gasteiger partial charge >= 0.3 is 0 Å². The highest BCUT2D eigenvalue weighted by atomic mass is 35.5. The molecule has 0 spiro atoms. The molecular weight excluding hydrogens is 459 g/mol. The van der Waals surface area contributed by atoms with Crippen LogP contribution in [-0.4, -0.2) is 58.6 Å². The molecule has 1 aliphatic heterocycles. The van der Waals surface area contributed by atoms with Crippen LogP contribution in [0.1, 0.15) is 38.2 Å². The summed E-state index contributed by atoms with van der Waals surface area (Å²) in [4.78, 5) is 32.1. The van der Waals surface area contributed by atoms with E-state index in [1.54, 1.807) is 38.0 Å². The second-order valence-corrected chi connectivity index (χ2v) is 10.0. The molecule has 1 aliphatic rings. The standard InChI is InChI=1S/C25H28ClFN4O3/c1-24(2,14-34-5)31-13-17(15-6-8-18(26)19(27)12-15)16-7-9-20(29-21(16)31)22(32)30-11-10-28-23(33)25(30,3)4/h6-9,12-13H,10-11,14H2,1-5H3,(H,28,33). The Morgan fingerprint density at radius 3 is 2.71 bits per heavy atom. The van der Waals surface area contributed by atoms with E-state index in [2.05, 4.69) is 5.32 Å². The molecule has 3 heterocycles. The number of piperazine rings is 1. The molecule has 4 rings (SSSR count). The van der Waals surface area contributed by atoms with Gasteiger partial charge in [0.25, 0.3) is 5.91 Å². The van der Waals surface area contributed by atoms with E-state index in [0.717, 1.165) is 10.9 Å². The number of hydrogen-bond donors (Lipinski definition) is 1. The number of methoxy groups -OCH3 is 1. The van der Waals surface area contributed by atoms with Crippen molar-refractivity contribution in [1.29, 1.82) is 0 Å². The highest BCUT2D eigenvalue weighted by Gasteiger charge is 2.41. The molecule has 2 aromatic heterocycles. The van der Waals surface area contributed by atoms with Crippen molar-refractivity contribution in [3.8, 4) is 11.1 Å². The number of pyridine rings is 1. The Bertz CT molecular complexity index is 1280. The van der Waals surface area contributed by atoms with Crippen LogP contribution in [0, 0.1) is 5.82 Å². The molecule has 0 aliphatic carbocycles. The van der Waals surface area contributed by atoms with Gasteiger partial charge in [0.05, 0.1) is 17.2 Å². The Morgan fingerprint density at radius 1 is 1.29 bits per heavy atom. The normalized spacial score (nSPS) is 16.1. The van der Waals surface area contributed by atoms with E-state index < -0.39 is 16.9 Å². The van der Waals surface area contributed by atoms with Crippen molar-refractivity contribution in [2.45, 2.75) is 38.8 Å². The zero-order valence-electron chi connectivity index (χ0n) is 19.9. The second kappa shape index (κ2) is 8.67. The molecular formula is C25H28ClFN4O3. The van der Waals surface area contributed by atoms with Gasteiger partial charge in [-0.2, -0.15) is 0 Å². The minimum Gasteiger partial charge on any atom is -0.382 e. The molecule has 180 valence electrons. The first-order valence-corrected chi connectivity index (χ1v) is 11.4. The monoisotopic (exact) mass is 486 g/mol. The van der Waals surface area contributed by atoms with Crippen LogP contribution in [0.25, 0.3) is 22.2 Å². The lowest BCUT2D eigenvalue weighted by Crippen LogP contribution is -2.63. The van der Waals surface area contributed by atoms with Crippen molar-refractivity contribution in [3.05, 3.63) is 53.1 Å². The highest BCUT2D eigenvalue weighted by Crippen LogP contribution is 2.35. The van der Waals surface area contributed by atoms with Crippen LogP contribution in [0.15, 0.2) is 36.5 Å². The minimum atomic E-state index is -0.991. The smallest absolute Gasteiger partial charge is 0.273 e. The quantitative estimate of drug-likeness (QED) is 0.585. The van der Waals surface area contributed by atoms with Gasteiger partial charge in [0, 0.05) is 37.3 Å². The molecule has 1 aromatic carbocycles. The van der Waals surface area contributed by atoms with Crippen LogP contribution in [0.4, 0.5) is 4.39 Å². The summed E-state index contributed by atoms with van der Waals surface area (Å²) in [5.41, 5.74) is 0.714. The number of hydrogen-bond acceptors (Lipinski definition) is 4. The number of nitrogens with zero attached hydrogens (tertiary/aromatic N) is 3. The maximum absolute atomic E-state index is 14.2. The third-order valence-electron chi connectivity index (χ3n) is 6.35. The van der Waals surface area contributed by atoms with Crippen LogP contribution in [0.2, 0.25) is 5.02 Å². The number of amides is 2. The van der Waals surface area contributed by atoms with Crippen LogP contribution >= 0.6 is 11.6 Å². The third kappa shape index (κ3) is 4.05. The van der Waals surface area contributed by atoms with E-state index >= 15 is 0 Å². The fraction of sp³-hybridized carbons (Fsp3) is 0.400. The Morgan fingerprint density at radius 2 is 2.03 bits per heavy atom. The van der Waals surface area contributed by atoms with E-state index in [1.807, 2.05) is 30.7 Å². The SMILES string of the molecule is COCC(C)(C)n1cc(-c2ccc(Cl)c(F)c2)c2ccc(C(=O)N3CCNC(=O)C3(C)C)nc21. The number of rotatable bonds is 5. The summed E-state index contributed by atoms with van der Waals surface area (Å²) in [6, 6.07) is 8.12. The summed E-state index contributed by atoms with van der Waals surface area (Å²) in [6.07, 6.45) is 1.89. The molecule has 1 saturated heterocycles. The van der Waals surface area contributed by atoms with Crippen molar-refractivity contribution in [3.63, 3.8) is 0 Å². The molecule has 7 nitrogen and oxygen atoms in total. The van der Waals surface area contributed by atoms with Gasteiger partial charge in [-0.05, 0) is 57.5 Å². The summed E-state index contributed by atoms with van der Waals surface area (Å²) < 4.78 is 21.6. The van der Waals surface area contributed by atoms with Crippen molar-refractivity contribution < 1.29 is 18.7 Å². The van der Waals surface area contributed by atoms with Crippen LogP contribution < -0.4 is 5.32 Å². The molecule has 0 radical (unpaired) electrons. The largest absolute Gasteiger partial charge is 0.382 e. The first kappa shape index (κ1) is 24.2. The van der Waals surface area contributed by atoms with Crippen LogP contribution in [-0.2, 0) is 15.1 Å². The molecule has 3 aromatic rings. The maximum Gasteiger partial charge on any atom is 0.273 e. The Labute approximate surface area is 202 Å². The minimum absolute atomic E-state index is 0.0476. The van der Waals surface area contributed by atoms with E-state index in [9.17, 15) is 14.0 Å². The topological polar surface area (TPSA) is 76.5 Å². The summed E-state index contributed by atoms with van der Waals surface area (Å²) in [5.74, 6) is -1.04. The number of nitrogens with one attached hydrogen (secondary N) is 1. The fourth-order valence-electron chi connectivity index (χ4n) is 4.39. The lowest BCUT2D eigenvalue weighted by atomic mass is 9.98. The van der Waals surface area contributed by atoms with Crippen LogP contribution in [0.5, 0.6) is 0 Å². The molecule has 0 saturated carbocycles. The number of benzene rings is 1. The number of halogens is 2. The van der Waals surface area contributed by atoms with Gasteiger partial charge in [0.2, 0.25) is 5.91 Å². The molecule has 9 heteroatoms. The number of carbonyl (C=O) groups excluding carboxylic acids is 2. The Hall–Kier alpha value is -2.97. The Kier molecular flexibility index (Phi) is 6.16. The summed E-state index contributed by atoms with van der Waals surface area (Å²) >= 11 is 5.89. The van der Waals surface area contributed by atoms with E-state index in [4.69, 9.17) is 21.3 Å². The summed E-state index contributed by atoms with van der Waals surface area (Å²) in [5, 5.41) is 3.61. The molecule has 0 atom stereocenters. The maximum atomic E-state index is 14.2. The fourth-order valence-corrected chi connectivity index (χ4v) is 4.51. The Balaban J connectivity index is 1.87. The summed E-state index contributed by atoms with van der Waals surface area (Å²) in [7, 11) is 1.62. The van der Waals surface area contributed by atoms with Gasteiger partial charge in [0.1, 0.15) is 22.7 Å². The van der Waals surface area contributed by atoms with Crippen molar-refractivity contribution in [2.24, 2.45) is 0 Å². The van der Waals surface area contributed by atoms with Crippen LogP contribution in [0.3, 0.4) is 0 Å². The molecule has 0 unspecified atom stereocenters. The van der Waals surface area contributed by atoms with Gasteiger partial charge < -0.3 is 19.5 Å². The zero-order chi connectivity index (χ0) is 24.8. The van der Waals surface area contributed by atoms with Gasteiger partial charge in [0.15, 0.2) is 0 Å². The molecule has 0 bridgehead atoms. The third-order valence-corrected chi connectivity index (χ3v) is 6.65.